The SMILES string of the molecule is CCCCCCCCCOc1ccc(CNC2CCC(OC(=O)O)(OC(=O)O)C2)cc1. The van der Waals surface area contributed by atoms with Crippen molar-refractivity contribution in [1.82, 2.24) is 5.32 Å². The van der Waals surface area contributed by atoms with Crippen molar-refractivity contribution in [3.63, 3.8) is 0 Å². The second-order valence-electron chi connectivity index (χ2n) is 8.08. The van der Waals surface area contributed by atoms with Crippen molar-refractivity contribution in [1.29, 1.82) is 0 Å². The minimum absolute atomic E-state index is 0.105. The van der Waals surface area contributed by atoms with Gasteiger partial charge < -0.3 is 29.7 Å². The van der Waals surface area contributed by atoms with Gasteiger partial charge in [0.05, 0.1) is 6.61 Å². The highest BCUT2D eigenvalue weighted by molar-refractivity contribution is 5.60. The van der Waals surface area contributed by atoms with Crippen molar-refractivity contribution in [3.8, 4) is 5.75 Å². The highest BCUT2D eigenvalue weighted by Crippen LogP contribution is 2.35. The molecule has 1 unspecified atom stereocenters. The number of hydrogen-bond acceptors (Lipinski definition) is 6. The van der Waals surface area contributed by atoms with Crippen molar-refractivity contribution >= 4 is 12.3 Å². The molecule has 31 heavy (non-hydrogen) atoms. The highest BCUT2D eigenvalue weighted by Gasteiger charge is 2.46. The molecule has 1 aromatic rings. The van der Waals surface area contributed by atoms with Crippen LogP contribution in [0.15, 0.2) is 24.3 Å². The summed E-state index contributed by atoms with van der Waals surface area (Å²) in [6.07, 6.45) is 6.56. The van der Waals surface area contributed by atoms with Crippen LogP contribution in [0.3, 0.4) is 0 Å². The molecule has 0 aromatic heterocycles. The van der Waals surface area contributed by atoms with Gasteiger partial charge >= 0.3 is 12.3 Å². The predicted octanol–water partition coefficient (Wildman–Crippen LogP) is 5.54. The maximum Gasteiger partial charge on any atom is 0.509 e. The second kappa shape index (κ2) is 13.0. The van der Waals surface area contributed by atoms with Gasteiger partial charge in [-0.1, -0.05) is 57.6 Å². The van der Waals surface area contributed by atoms with Gasteiger partial charge in [0.15, 0.2) is 0 Å². The number of ether oxygens (including phenoxy) is 3. The Labute approximate surface area is 183 Å². The Hall–Kier alpha value is -2.48. The van der Waals surface area contributed by atoms with Crippen LogP contribution < -0.4 is 10.1 Å². The molecule has 0 heterocycles. The molecule has 0 spiro atoms. The van der Waals surface area contributed by atoms with Gasteiger partial charge in [-0.25, -0.2) is 9.59 Å². The summed E-state index contributed by atoms with van der Waals surface area (Å²) in [5, 5.41) is 21.1. The maximum atomic E-state index is 10.9. The minimum Gasteiger partial charge on any atom is -0.494 e. The monoisotopic (exact) mass is 437 g/mol. The molecule has 174 valence electrons. The molecular weight excluding hydrogens is 402 g/mol. The molecule has 3 N–H and O–H groups in total. The molecule has 8 heteroatoms. The maximum absolute atomic E-state index is 10.9. The van der Waals surface area contributed by atoms with E-state index in [-0.39, 0.29) is 18.9 Å². The van der Waals surface area contributed by atoms with Crippen LogP contribution in [0.2, 0.25) is 0 Å². The van der Waals surface area contributed by atoms with E-state index in [4.69, 9.17) is 24.4 Å². The molecule has 8 nitrogen and oxygen atoms in total. The molecule has 1 fully saturated rings. The summed E-state index contributed by atoms with van der Waals surface area (Å²) >= 11 is 0. The first kappa shape index (κ1) is 24.8. The van der Waals surface area contributed by atoms with Gasteiger partial charge in [0.2, 0.25) is 0 Å². The van der Waals surface area contributed by atoms with Gasteiger partial charge in [-0.2, -0.15) is 0 Å². The molecule has 0 aliphatic heterocycles. The summed E-state index contributed by atoms with van der Waals surface area (Å²) in [7, 11) is 0. The average molecular weight is 438 g/mol. The molecule has 1 aliphatic carbocycles. The van der Waals surface area contributed by atoms with Crippen molar-refractivity contribution in [3.05, 3.63) is 29.8 Å². The van der Waals surface area contributed by atoms with Crippen LogP contribution in [0.25, 0.3) is 0 Å². The predicted molar refractivity (Wildman–Crippen MR) is 115 cm³/mol. The lowest BCUT2D eigenvalue weighted by Gasteiger charge is -2.26. The number of carboxylic acid groups (broad SMARTS) is 2. The van der Waals surface area contributed by atoms with Crippen molar-refractivity contribution in [2.24, 2.45) is 0 Å². The number of hydrogen-bond donors (Lipinski definition) is 3. The Morgan fingerprint density at radius 1 is 1.00 bits per heavy atom. The van der Waals surface area contributed by atoms with Gasteiger partial charge in [-0.05, 0) is 30.5 Å². The average Bonchev–Trinajstić information content (AvgIpc) is 3.10. The zero-order chi connectivity index (χ0) is 22.5. The number of benzene rings is 1. The van der Waals surface area contributed by atoms with Crippen LogP contribution in [0, 0.1) is 0 Å². The lowest BCUT2D eigenvalue weighted by Crippen LogP contribution is -2.39. The van der Waals surface area contributed by atoms with Gasteiger partial charge in [-0.15, -0.1) is 0 Å². The molecule has 0 amide bonds. The van der Waals surface area contributed by atoms with E-state index < -0.39 is 18.1 Å². The number of rotatable bonds is 14. The van der Waals surface area contributed by atoms with Crippen LogP contribution in [0.1, 0.15) is 76.7 Å². The molecule has 1 aromatic carbocycles. The molecule has 0 radical (unpaired) electrons. The summed E-state index contributed by atoms with van der Waals surface area (Å²) in [5.74, 6) is -0.789. The summed E-state index contributed by atoms with van der Waals surface area (Å²) in [4.78, 5) is 21.8. The smallest absolute Gasteiger partial charge is 0.494 e. The van der Waals surface area contributed by atoms with Crippen LogP contribution >= 0.6 is 0 Å². The fourth-order valence-corrected chi connectivity index (χ4v) is 3.89. The van der Waals surface area contributed by atoms with Crippen molar-refractivity contribution < 1.29 is 34.0 Å². The zero-order valence-electron chi connectivity index (χ0n) is 18.3. The Morgan fingerprint density at radius 3 is 2.23 bits per heavy atom. The second-order valence-corrected chi connectivity index (χ2v) is 8.08. The zero-order valence-corrected chi connectivity index (χ0v) is 18.3. The highest BCUT2D eigenvalue weighted by atomic mass is 16.8. The van der Waals surface area contributed by atoms with E-state index in [0.717, 1.165) is 24.3 Å². The first-order chi connectivity index (χ1) is 14.9. The first-order valence-corrected chi connectivity index (χ1v) is 11.2. The van der Waals surface area contributed by atoms with Crippen molar-refractivity contribution in [2.45, 2.75) is 89.5 Å². The topological polar surface area (TPSA) is 114 Å². The molecule has 1 atom stereocenters. The normalized spacial score (nSPS) is 17.3. The molecule has 0 bridgehead atoms. The van der Waals surface area contributed by atoms with Crippen LogP contribution in [0.4, 0.5) is 9.59 Å². The van der Waals surface area contributed by atoms with Gasteiger partial charge in [0, 0.05) is 25.4 Å². The molecule has 1 saturated carbocycles. The van der Waals surface area contributed by atoms with Crippen LogP contribution in [0.5, 0.6) is 5.75 Å². The van der Waals surface area contributed by atoms with Gasteiger partial charge in [-0.3, -0.25) is 0 Å². The molecule has 2 rings (SSSR count). The van der Waals surface area contributed by atoms with Gasteiger partial charge in [0.1, 0.15) is 5.75 Å². The summed E-state index contributed by atoms with van der Waals surface area (Å²) in [6, 6.07) is 7.75. The fourth-order valence-electron chi connectivity index (χ4n) is 3.89. The Bertz CT molecular complexity index is 661. The fraction of sp³-hybridized carbons (Fsp3) is 0.652. The Balaban J connectivity index is 1.67. The molecule has 1 aliphatic rings. The van der Waals surface area contributed by atoms with Crippen LogP contribution in [-0.4, -0.2) is 41.0 Å². The van der Waals surface area contributed by atoms with E-state index >= 15 is 0 Å². The van der Waals surface area contributed by atoms with E-state index in [1.165, 1.54) is 38.5 Å². The van der Waals surface area contributed by atoms with Crippen molar-refractivity contribution in [2.75, 3.05) is 6.61 Å². The van der Waals surface area contributed by atoms with Gasteiger partial charge in [0.25, 0.3) is 5.79 Å². The van der Waals surface area contributed by atoms with E-state index in [1.54, 1.807) is 0 Å². The number of nitrogens with one attached hydrogen (secondary N) is 1. The van der Waals surface area contributed by atoms with E-state index in [1.807, 2.05) is 24.3 Å². The largest absolute Gasteiger partial charge is 0.509 e. The van der Waals surface area contributed by atoms with E-state index in [2.05, 4.69) is 12.2 Å². The number of carbonyl (C=O) groups is 2. The first-order valence-electron chi connectivity index (χ1n) is 11.2. The quantitative estimate of drug-likeness (QED) is 0.197. The standard InChI is InChI=1S/C23H35NO7/c1-2-3-4-5-6-7-8-15-29-20-11-9-18(10-12-20)17-24-19-13-14-23(16-19,30-21(25)26)31-22(27)28/h9-12,19,24H,2-8,13-17H2,1H3,(H,25,26)(H,27,28). The number of unbranched alkanes of at least 4 members (excludes halogenated alkanes) is 6. The van der Waals surface area contributed by atoms with E-state index in [9.17, 15) is 9.59 Å². The Morgan fingerprint density at radius 2 is 1.61 bits per heavy atom. The minimum atomic E-state index is -1.64. The third kappa shape index (κ3) is 9.46. The molecular formula is C23H35NO7. The lowest BCUT2D eigenvalue weighted by atomic mass is 10.1. The summed E-state index contributed by atoms with van der Waals surface area (Å²) in [5.41, 5.74) is 1.05. The summed E-state index contributed by atoms with van der Waals surface area (Å²) < 4.78 is 15.3. The molecule has 0 saturated heterocycles. The summed E-state index contributed by atoms with van der Waals surface area (Å²) in [6.45, 7) is 3.52. The van der Waals surface area contributed by atoms with Crippen LogP contribution in [-0.2, 0) is 16.0 Å². The van der Waals surface area contributed by atoms with E-state index in [0.29, 0.717) is 13.0 Å². The lowest BCUT2D eigenvalue weighted by molar-refractivity contribution is -0.177. The third-order valence-electron chi connectivity index (χ3n) is 5.51. The third-order valence-corrected chi connectivity index (χ3v) is 5.51. The Kier molecular flexibility index (Phi) is 10.4.